The minimum absolute atomic E-state index is 0.170. The molecule has 0 heterocycles. The van der Waals surface area contributed by atoms with Crippen molar-refractivity contribution in [3.05, 3.63) is 96.2 Å². The molecule has 3 aromatic rings. The van der Waals surface area contributed by atoms with Crippen molar-refractivity contribution >= 4 is 23.6 Å². The van der Waals surface area contributed by atoms with E-state index < -0.39 is 5.91 Å². The molecule has 0 unspecified atom stereocenters. The third kappa shape index (κ3) is 5.57. The molecule has 0 radical (unpaired) electrons. The molecule has 5 nitrogen and oxygen atoms in total. The summed E-state index contributed by atoms with van der Waals surface area (Å²) in [6.45, 7) is 1.36. The van der Waals surface area contributed by atoms with Gasteiger partial charge in [0.15, 0.2) is 0 Å². The Hall–Kier alpha value is -3.86. The molecular formula is C23H20N2O3. The Balaban J connectivity index is 1.70. The van der Waals surface area contributed by atoms with Crippen molar-refractivity contribution in [2.45, 2.75) is 6.92 Å². The van der Waals surface area contributed by atoms with Gasteiger partial charge in [-0.1, -0.05) is 48.5 Å². The topological polar surface area (TPSA) is 67.4 Å². The van der Waals surface area contributed by atoms with Gasteiger partial charge < -0.3 is 15.4 Å². The number of nitrogens with one attached hydrogen (secondary N) is 2. The summed E-state index contributed by atoms with van der Waals surface area (Å²) in [5, 5.41) is 5.36. The molecule has 0 fully saturated rings. The smallest absolute Gasteiger partial charge is 0.272 e. The van der Waals surface area contributed by atoms with Crippen LogP contribution >= 0.6 is 0 Å². The van der Waals surface area contributed by atoms with E-state index in [-0.39, 0.29) is 11.6 Å². The molecule has 0 saturated heterocycles. The van der Waals surface area contributed by atoms with Gasteiger partial charge in [0.05, 0.1) is 0 Å². The Morgan fingerprint density at radius 2 is 1.36 bits per heavy atom. The normalized spacial score (nSPS) is 10.8. The SMILES string of the molecule is CC(=O)N/C(=C\c1ccccc1)C(=O)Nc1ccc(Oc2ccccc2)cc1. The molecule has 0 saturated carbocycles. The maximum atomic E-state index is 12.6. The number of carbonyl (C=O) groups is 2. The fourth-order valence-electron chi connectivity index (χ4n) is 2.49. The summed E-state index contributed by atoms with van der Waals surface area (Å²) >= 11 is 0. The van der Waals surface area contributed by atoms with E-state index in [9.17, 15) is 9.59 Å². The maximum absolute atomic E-state index is 12.6. The van der Waals surface area contributed by atoms with Crippen LogP contribution in [-0.2, 0) is 9.59 Å². The van der Waals surface area contributed by atoms with E-state index in [0.29, 0.717) is 11.4 Å². The summed E-state index contributed by atoms with van der Waals surface area (Å²) in [5.74, 6) is 0.670. The van der Waals surface area contributed by atoms with Crippen LogP contribution in [0.25, 0.3) is 6.08 Å². The zero-order valence-electron chi connectivity index (χ0n) is 15.4. The molecule has 3 aromatic carbocycles. The van der Waals surface area contributed by atoms with E-state index in [0.717, 1.165) is 11.3 Å². The Labute approximate surface area is 163 Å². The van der Waals surface area contributed by atoms with Gasteiger partial charge in [-0.05, 0) is 48.0 Å². The average Bonchev–Trinajstić information content (AvgIpc) is 2.70. The monoisotopic (exact) mass is 372 g/mol. The van der Waals surface area contributed by atoms with Crippen molar-refractivity contribution in [2.75, 3.05) is 5.32 Å². The highest BCUT2D eigenvalue weighted by atomic mass is 16.5. The van der Waals surface area contributed by atoms with E-state index in [4.69, 9.17) is 4.74 Å². The van der Waals surface area contributed by atoms with Gasteiger partial charge in [-0.15, -0.1) is 0 Å². The minimum atomic E-state index is -0.407. The predicted molar refractivity (Wildman–Crippen MR) is 110 cm³/mol. The van der Waals surface area contributed by atoms with Gasteiger partial charge in [0, 0.05) is 12.6 Å². The first kappa shape index (κ1) is 18.9. The number of para-hydroxylation sites is 1. The van der Waals surface area contributed by atoms with Gasteiger partial charge in [0.25, 0.3) is 5.91 Å². The Morgan fingerprint density at radius 3 is 1.96 bits per heavy atom. The van der Waals surface area contributed by atoms with Crippen LogP contribution in [0, 0.1) is 0 Å². The summed E-state index contributed by atoms with van der Waals surface area (Å²) in [7, 11) is 0. The second kappa shape index (κ2) is 9.19. The van der Waals surface area contributed by atoms with Crippen LogP contribution in [0.1, 0.15) is 12.5 Å². The molecule has 3 rings (SSSR count). The third-order valence-corrected chi connectivity index (χ3v) is 3.76. The summed E-state index contributed by atoms with van der Waals surface area (Å²) in [4.78, 5) is 24.1. The number of anilines is 1. The second-order valence-electron chi connectivity index (χ2n) is 6.04. The Morgan fingerprint density at radius 1 is 0.786 bits per heavy atom. The molecule has 140 valence electrons. The highest BCUT2D eigenvalue weighted by Crippen LogP contribution is 2.22. The minimum Gasteiger partial charge on any atom is -0.457 e. The average molecular weight is 372 g/mol. The largest absolute Gasteiger partial charge is 0.457 e. The van der Waals surface area contributed by atoms with Crippen molar-refractivity contribution in [1.29, 1.82) is 0 Å². The van der Waals surface area contributed by atoms with Crippen molar-refractivity contribution in [2.24, 2.45) is 0 Å². The molecule has 0 aliphatic heterocycles. The van der Waals surface area contributed by atoms with E-state index in [2.05, 4.69) is 10.6 Å². The predicted octanol–water partition coefficient (Wildman–Crippen LogP) is 4.59. The number of hydrogen-bond donors (Lipinski definition) is 2. The van der Waals surface area contributed by atoms with Crippen LogP contribution in [0.15, 0.2) is 90.6 Å². The van der Waals surface area contributed by atoms with E-state index in [1.54, 1.807) is 30.3 Å². The van der Waals surface area contributed by atoms with Crippen molar-refractivity contribution in [3.63, 3.8) is 0 Å². The molecule has 0 spiro atoms. The third-order valence-electron chi connectivity index (χ3n) is 3.76. The molecule has 28 heavy (non-hydrogen) atoms. The van der Waals surface area contributed by atoms with Crippen LogP contribution < -0.4 is 15.4 Å². The highest BCUT2D eigenvalue weighted by molar-refractivity contribution is 6.08. The van der Waals surface area contributed by atoms with Crippen LogP contribution in [-0.4, -0.2) is 11.8 Å². The van der Waals surface area contributed by atoms with Crippen LogP contribution in [0.5, 0.6) is 11.5 Å². The van der Waals surface area contributed by atoms with Gasteiger partial charge in [-0.25, -0.2) is 0 Å². The number of benzene rings is 3. The van der Waals surface area contributed by atoms with Crippen molar-refractivity contribution in [3.8, 4) is 11.5 Å². The van der Waals surface area contributed by atoms with E-state index in [1.807, 2.05) is 60.7 Å². The quantitative estimate of drug-likeness (QED) is 0.622. The van der Waals surface area contributed by atoms with Gasteiger partial charge in [-0.3, -0.25) is 9.59 Å². The molecule has 2 N–H and O–H groups in total. The molecule has 0 atom stereocenters. The van der Waals surface area contributed by atoms with E-state index >= 15 is 0 Å². The zero-order valence-corrected chi connectivity index (χ0v) is 15.4. The number of ether oxygens (including phenoxy) is 1. The van der Waals surface area contributed by atoms with Crippen molar-refractivity contribution in [1.82, 2.24) is 5.32 Å². The molecule has 0 aliphatic rings. The van der Waals surface area contributed by atoms with Crippen LogP contribution in [0.3, 0.4) is 0 Å². The first-order valence-corrected chi connectivity index (χ1v) is 8.79. The van der Waals surface area contributed by atoms with Gasteiger partial charge in [-0.2, -0.15) is 0 Å². The number of amides is 2. The highest BCUT2D eigenvalue weighted by Gasteiger charge is 2.12. The number of carbonyl (C=O) groups excluding carboxylic acids is 2. The molecule has 0 aromatic heterocycles. The lowest BCUT2D eigenvalue weighted by molar-refractivity contribution is -0.120. The lowest BCUT2D eigenvalue weighted by Gasteiger charge is -2.11. The maximum Gasteiger partial charge on any atom is 0.272 e. The Kier molecular flexibility index (Phi) is 6.21. The standard InChI is InChI=1S/C23H20N2O3/c1-17(26)24-22(16-18-8-4-2-5-9-18)23(27)25-19-12-14-21(15-13-19)28-20-10-6-3-7-11-20/h2-16H,1H3,(H,24,26)(H,25,27)/b22-16-. The molecule has 5 heteroatoms. The summed E-state index contributed by atoms with van der Waals surface area (Å²) in [6, 6.07) is 25.8. The lowest BCUT2D eigenvalue weighted by atomic mass is 10.2. The first-order valence-electron chi connectivity index (χ1n) is 8.79. The van der Waals surface area contributed by atoms with Crippen LogP contribution in [0.4, 0.5) is 5.69 Å². The van der Waals surface area contributed by atoms with Crippen molar-refractivity contribution < 1.29 is 14.3 Å². The second-order valence-corrected chi connectivity index (χ2v) is 6.04. The van der Waals surface area contributed by atoms with Gasteiger partial charge >= 0.3 is 0 Å². The Bertz CT molecular complexity index is 966. The van der Waals surface area contributed by atoms with Gasteiger partial charge in [0.2, 0.25) is 5.91 Å². The van der Waals surface area contributed by atoms with Crippen LogP contribution in [0.2, 0.25) is 0 Å². The first-order chi connectivity index (χ1) is 13.6. The molecule has 0 aliphatic carbocycles. The molecular weight excluding hydrogens is 352 g/mol. The number of hydrogen-bond acceptors (Lipinski definition) is 3. The fourth-order valence-corrected chi connectivity index (χ4v) is 2.49. The lowest BCUT2D eigenvalue weighted by Crippen LogP contribution is -2.28. The summed E-state index contributed by atoms with van der Waals surface area (Å²) in [5.41, 5.74) is 1.58. The zero-order chi connectivity index (χ0) is 19.8. The summed E-state index contributed by atoms with van der Waals surface area (Å²) < 4.78 is 5.74. The summed E-state index contributed by atoms with van der Waals surface area (Å²) in [6.07, 6.45) is 1.63. The molecule has 2 amide bonds. The van der Waals surface area contributed by atoms with E-state index in [1.165, 1.54) is 6.92 Å². The van der Waals surface area contributed by atoms with Gasteiger partial charge in [0.1, 0.15) is 17.2 Å². The molecule has 0 bridgehead atoms. The number of rotatable bonds is 6. The fraction of sp³-hybridized carbons (Fsp3) is 0.0435.